The molecule has 0 aliphatic carbocycles. The number of nitrogens with one attached hydrogen (secondary N) is 3. The lowest BCUT2D eigenvalue weighted by Crippen LogP contribution is -3.00. The van der Waals surface area contributed by atoms with Crippen LogP contribution in [0.1, 0.15) is 0 Å². The lowest BCUT2D eigenvalue weighted by molar-refractivity contribution is -0.359. The number of rotatable bonds is 3. The molecular formula is C11H21ClN8O. The Morgan fingerprint density at radius 2 is 1.62 bits per heavy atom. The molecule has 0 saturated carbocycles. The maximum absolute atomic E-state index is 5.48. The van der Waals surface area contributed by atoms with Crippen LogP contribution in [-0.2, 0) is 4.74 Å². The molecule has 1 aromatic rings. The number of nitrogens with two attached hydrogens (primary N) is 1. The highest BCUT2D eigenvalue weighted by Crippen LogP contribution is 2.13. The minimum atomic E-state index is 0. The first kappa shape index (κ1) is 16.0. The molecule has 10 heteroatoms. The van der Waals surface area contributed by atoms with Gasteiger partial charge in [0.05, 0.1) is 39.4 Å². The lowest BCUT2D eigenvalue weighted by atomic mass is 10.4. The summed E-state index contributed by atoms with van der Waals surface area (Å²) in [6.07, 6.45) is 0. The van der Waals surface area contributed by atoms with Crippen molar-refractivity contribution < 1.29 is 22.1 Å². The topological polar surface area (TPSA) is 106 Å². The van der Waals surface area contributed by atoms with Gasteiger partial charge >= 0.3 is 17.8 Å². The highest BCUT2D eigenvalue weighted by Gasteiger charge is 2.24. The molecular weight excluding hydrogens is 296 g/mol. The number of anilines is 3. The van der Waals surface area contributed by atoms with E-state index in [-0.39, 0.29) is 12.4 Å². The van der Waals surface area contributed by atoms with Crippen molar-refractivity contribution in [2.45, 2.75) is 0 Å². The summed E-state index contributed by atoms with van der Waals surface area (Å²) in [6, 6.07) is 0. The molecule has 2 aliphatic rings. The van der Waals surface area contributed by atoms with Crippen LogP contribution >= 0.6 is 0 Å². The van der Waals surface area contributed by atoms with E-state index < -0.39 is 0 Å². The Morgan fingerprint density at radius 3 is 2.19 bits per heavy atom. The van der Waals surface area contributed by atoms with Crippen LogP contribution in [0.5, 0.6) is 0 Å². The second-order valence-electron chi connectivity index (χ2n) is 4.80. The summed E-state index contributed by atoms with van der Waals surface area (Å²) in [5.74, 6) is 7.50. The molecule has 3 heterocycles. The van der Waals surface area contributed by atoms with Crippen LogP contribution in [0.2, 0.25) is 0 Å². The van der Waals surface area contributed by atoms with Gasteiger partial charge in [0.25, 0.3) is 0 Å². The number of hydrogen-bond donors (Lipinski definition) is 3. The van der Waals surface area contributed by atoms with Gasteiger partial charge in [-0.2, -0.15) is 0 Å². The van der Waals surface area contributed by atoms with Crippen molar-refractivity contribution >= 4 is 17.8 Å². The van der Waals surface area contributed by atoms with E-state index in [0.29, 0.717) is 19.2 Å². The van der Waals surface area contributed by atoms with E-state index in [1.165, 1.54) is 0 Å². The SMILES string of the molecule is NNc1nc(N2CCNCC2)[nH+]c(N2CCOCC2)n1.[Cl-]. The second-order valence-corrected chi connectivity index (χ2v) is 4.80. The van der Waals surface area contributed by atoms with E-state index in [1.54, 1.807) is 0 Å². The summed E-state index contributed by atoms with van der Waals surface area (Å²) in [4.78, 5) is 16.5. The van der Waals surface area contributed by atoms with E-state index in [0.717, 1.165) is 51.2 Å². The van der Waals surface area contributed by atoms with Crippen molar-refractivity contribution in [2.75, 3.05) is 67.7 Å². The van der Waals surface area contributed by atoms with Gasteiger partial charge in [0.2, 0.25) is 0 Å². The van der Waals surface area contributed by atoms with E-state index in [1.807, 2.05) is 0 Å². The zero-order valence-electron chi connectivity index (χ0n) is 11.8. The van der Waals surface area contributed by atoms with Gasteiger partial charge in [-0.25, -0.2) is 10.8 Å². The molecule has 0 aromatic carbocycles. The number of nitrogen functional groups attached to an aromatic ring is 1. The smallest absolute Gasteiger partial charge is 0.334 e. The predicted octanol–water partition coefficient (Wildman–Crippen LogP) is -5.17. The van der Waals surface area contributed by atoms with Gasteiger partial charge in [-0.3, -0.25) is 15.2 Å². The molecule has 0 amide bonds. The molecule has 0 radical (unpaired) electrons. The molecule has 21 heavy (non-hydrogen) atoms. The van der Waals surface area contributed by atoms with E-state index in [4.69, 9.17) is 10.6 Å². The fraction of sp³-hybridized carbons (Fsp3) is 0.727. The van der Waals surface area contributed by atoms with Crippen molar-refractivity contribution in [2.24, 2.45) is 5.84 Å². The molecule has 0 bridgehead atoms. The van der Waals surface area contributed by atoms with Crippen LogP contribution in [0.3, 0.4) is 0 Å². The first-order chi connectivity index (χ1) is 9.86. The van der Waals surface area contributed by atoms with Crippen LogP contribution in [0.15, 0.2) is 0 Å². The summed E-state index contributed by atoms with van der Waals surface area (Å²) in [7, 11) is 0. The Morgan fingerprint density at radius 1 is 1.05 bits per heavy atom. The Kier molecular flexibility index (Phi) is 5.74. The highest BCUT2D eigenvalue weighted by atomic mass is 35.5. The molecule has 118 valence electrons. The van der Waals surface area contributed by atoms with Crippen LogP contribution in [0.4, 0.5) is 17.8 Å². The third kappa shape index (κ3) is 3.82. The monoisotopic (exact) mass is 316 g/mol. The molecule has 2 saturated heterocycles. The predicted molar refractivity (Wildman–Crippen MR) is 74.5 cm³/mol. The average molecular weight is 317 g/mol. The molecule has 0 unspecified atom stereocenters. The summed E-state index contributed by atoms with van der Waals surface area (Å²) in [5, 5.41) is 3.32. The van der Waals surface area contributed by atoms with Crippen molar-refractivity contribution in [3.8, 4) is 0 Å². The number of aromatic amines is 1. The van der Waals surface area contributed by atoms with Crippen LogP contribution < -0.4 is 43.8 Å². The molecule has 2 fully saturated rings. The fourth-order valence-electron chi connectivity index (χ4n) is 2.40. The fourth-order valence-corrected chi connectivity index (χ4v) is 2.40. The summed E-state index contributed by atoms with van der Waals surface area (Å²) < 4.78 is 5.37. The van der Waals surface area contributed by atoms with E-state index in [9.17, 15) is 0 Å². The zero-order valence-corrected chi connectivity index (χ0v) is 12.6. The second kappa shape index (κ2) is 7.55. The summed E-state index contributed by atoms with van der Waals surface area (Å²) in [6.45, 7) is 6.81. The molecule has 5 N–H and O–H groups in total. The quantitative estimate of drug-likeness (QED) is 0.375. The third-order valence-electron chi connectivity index (χ3n) is 3.50. The first-order valence-corrected chi connectivity index (χ1v) is 6.93. The van der Waals surface area contributed by atoms with Crippen molar-refractivity contribution in [1.82, 2.24) is 15.3 Å². The molecule has 2 aliphatic heterocycles. The number of morpholine rings is 1. The Labute approximate surface area is 129 Å². The Hall–Kier alpha value is -1.42. The molecule has 0 atom stereocenters. The number of aromatic nitrogens is 3. The molecule has 3 rings (SSSR count). The van der Waals surface area contributed by atoms with Gasteiger partial charge in [0.15, 0.2) is 0 Å². The number of hydrazine groups is 1. The summed E-state index contributed by atoms with van der Waals surface area (Å²) >= 11 is 0. The lowest BCUT2D eigenvalue weighted by Gasteiger charge is -2.26. The van der Waals surface area contributed by atoms with Crippen LogP contribution in [0.25, 0.3) is 0 Å². The standard InChI is InChI=1S/C11H20N8O.ClH/c12-17-9-14-10(18-3-1-13-2-4-18)16-11(15-9)19-5-7-20-8-6-19;/h13H,1-8,12H2,(H,14,15,16,17);1H. The van der Waals surface area contributed by atoms with Crippen LogP contribution in [0, 0.1) is 0 Å². The van der Waals surface area contributed by atoms with Gasteiger partial charge in [-0.15, -0.1) is 0 Å². The highest BCUT2D eigenvalue weighted by molar-refractivity contribution is 5.38. The number of nitrogens with zero attached hydrogens (tertiary/aromatic N) is 4. The van der Waals surface area contributed by atoms with Gasteiger partial charge in [0, 0.05) is 13.1 Å². The number of H-pyrrole nitrogens is 1. The number of halogens is 1. The molecule has 1 aromatic heterocycles. The number of hydrogen-bond acceptors (Lipinski definition) is 8. The van der Waals surface area contributed by atoms with Crippen molar-refractivity contribution in [3.63, 3.8) is 0 Å². The molecule has 0 spiro atoms. The van der Waals surface area contributed by atoms with Crippen LogP contribution in [-0.4, -0.2) is 62.5 Å². The summed E-state index contributed by atoms with van der Waals surface area (Å²) in [5.41, 5.74) is 2.54. The maximum Gasteiger partial charge on any atom is 0.334 e. The Bertz CT molecular complexity index is 414. The number of ether oxygens (including phenoxy) is 1. The average Bonchev–Trinajstić information content (AvgIpc) is 2.56. The van der Waals surface area contributed by atoms with Gasteiger partial charge in [-0.05, 0) is 0 Å². The largest absolute Gasteiger partial charge is 1.00 e. The first-order valence-electron chi connectivity index (χ1n) is 6.93. The minimum Gasteiger partial charge on any atom is -1.00 e. The van der Waals surface area contributed by atoms with E-state index >= 15 is 0 Å². The van der Waals surface area contributed by atoms with Gasteiger partial charge < -0.3 is 22.5 Å². The van der Waals surface area contributed by atoms with Gasteiger partial charge in [0.1, 0.15) is 0 Å². The van der Waals surface area contributed by atoms with Gasteiger partial charge in [-0.1, -0.05) is 9.97 Å². The zero-order chi connectivity index (χ0) is 13.8. The normalized spacial score (nSPS) is 19.1. The van der Waals surface area contributed by atoms with Crippen molar-refractivity contribution in [1.29, 1.82) is 0 Å². The maximum atomic E-state index is 5.48. The Balaban J connectivity index is 0.00000161. The van der Waals surface area contributed by atoms with Crippen molar-refractivity contribution in [3.05, 3.63) is 0 Å². The molecule has 9 nitrogen and oxygen atoms in total. The minimum absolute atomic E-state index is 0. The number of piperazine rings is 1. The van der Waals surface area contributed by atoms with E-state index in [2.05, 4.69) is 35.5 Å². The third-order valence-corrected chi connectivity index (χ3v) is 3.50.